The maximum Gasteiger partial charge on any atom is 0.342 e. The minimum Gasteiger partial charge on any atom is -0.496 e. The van der Waals surface area contributed by atoms with Gasteiger partial charge in [0.25, 0.3) is 0 Å². The summed E-state index contributed by atoms with van der Waals surface area (Å²) in [6, 6.07) is 12.4. The van der Waals surface area contributed by atoms with E-state index in [0.29, 0.717) is 11.4 Å². The van der Waals surface area contributed by atoms with Crippen molar-refractivity contribution in [1.82, 2.24) is 0 Å². The zero-order chi connectivity index (χ0) is 15.4. The number of rotatable bonds is 4. The smallest absolute Gasteiger partial charge is 0.342 e. The molecular weight excluding hydrogens is 290 g/mol. The quantitative estimate of drug-likeness (QED) is 0.688. The number of hydrogen-bond acceptors (Lipinski definition) is 4. The molecule has 110 valence electrons. The van der Waals surface area contributed by atoms with E-state index in [9.17, 15) is 4.79 Å². The Kier molecular flexibility index (Phi) is 4.70. The van der Waals surface area contributed by atoms with Gasteiger partial charge >= 0.3 is 5.97 Å². The number of carbonyl (C=O) groups excluding carboxylic acids is 1. The fourth-order valence-electron chi connectivity index (χ4n) is 1.91. The Morgan fingerprint density at radius 1 is 1.24 bits per heavy atom. The molecule has 0 aliphatic rings. The second kappa shape index (κ2) is 6.50. The van der Waals surface area contributed by atoms with Gasteiger partial charge in [-0.25, -0.2) is 4.79 Å². The van der Waals surface area contributed by atoms with Crippen molar-refractivity contribution in [3.05, 3.63) is 58.6 Å². The van der Waals surface area contributed by atoms with Crippen LogP contribution in [-0.2, 0) is 4.74 Å². The van der Waals surface area contributed by atoms with Gasteiger partial charge in [-0.05, 0) is 18.6 Å². The Labute approximate surface area is 128 Å². The standard InChI is InChI=1S/C16H16ClNO3/c1-10(11-6-4-3-5-7-11)21-16(19)12-8-13(17)14(18)9-15(12)20-2/h3-10H,18H2,1-2H3. The number of ether oxygens (including phenoxy) is 2. The van der Waals surface area contributed by atoms with Crippen molar-refractivity contribution in [3.8, 4) is 5.75 Å². The molecule has 21 heavy (non-hydrogen) atoms. The molecule has 0 saturated carbocycles. The van der Waals surface area contributed by atoms with Gasteiger partial charge < -0.3 is 15.2 Å². The summed E-state index contributed by atoms with van der Waals surface area (Å²) in [7, 11) is 1.46. The van der Waals surface area contributed by atoms with Crippen LogP contribution in [0.25, 0.3) is 0 Å². The third-order valence-electron chi connectivity index (χ3n) is 3.09. The van der Waals surface area contributed by atoms with Crippen LogP contribution in [0.15, 0.2) is 42.5 Å². The van der Waals surface area contributed by atoms with Crippen LogP contribution in [0.1, 0.15) is 28.9 Å². The van der Waals surface area contributed by atoms with E-state index >= 15 is 0 Å². The largest absolute Gasteiger partial charge is 0.496 e. The highest BCUT2D eigenvalue weighted by atomic mass is 35.5. The molecular formula is C16H16ClNO3. The van der Waals surface area contributed by atoms with Gasteiger partial charge in [-0.15, -0.1) is 0 Å². The number of nitrogen functional groups attached to an aromatic ring is 1. The van der Waals surface area contributed by atoms with Crippen LogP contribution in [0.3, 0.4) is 0 Å². The van der Waals surface area contributed by atoms with E-state index in [0.717, 1.165) is 5.56 Å². The molecule has 0 aliphatic heterocycles. The first-order valence-electron chi connectivity index (χ1n) is 6.42. The predicted octanol–water partition coefficient (Wildman–Crippen LogP) is 3.85. The highest BCUT2D eigenvalue weighted by Crippen LogP contribution is 2.30. The lowest BCUT2D eigenvalue weighted by atomic mass is 10.1. The number of methoxy groups -OCH3 is 1. The van der Waals surface area contributed by atoms with Crippen molar-refractivity contribution in [2.45, 2.75) is 13.0 Å². The summed E-state index contributed by atoms with van der Waals surface area (Å²) in [5.41, 5.74) is 7.20. The predicted molar refractivity (Wildman–Crippen MR) is 82.7 cm³/mol. The second-order valence-corrected chi connectivity index (χ2v) is 4.94. The number of benzene rings is 2. The minimum atomic E-state index is -0.509. The van der Waals surface area contributed by atoms with E-state index < -0.39 is 5.97 Å². The van der Waals surface area contributed by atoms with Gasteiger partial charge in [0.15, 0.2) is 0 Å². The van der Waals surface area contributed by atoms with Crippen molar-refractivity contribution >= 4 is 23.3 Å². The number of anilines is 1. The second-order valence-electron chi connectivity index (χ2n) is 4.53. The van der Waals surface area contributed by atoms with E-state index in [1.54, 1.807) is 6.92 Å². The van der Waals surface area contributed by atoms with Crippen LogP contribution >= 0.6 is 11.6 Å². The van der Waals surface area contributed by atoms with E-state index in [1.807, 2.05) is 30.3 Å². The van der Waals surface area contributed by atoms with Gasteiger partial charge in [-0.2, -0.15) is 0 Å². The lowest BCUT2D eigenvalue weighted by molar-refractivity contribution is 0.0334. The highest BCUT2D eigenvalue weighted by Gasteiger charge is 2.19. The number of halogens is 1. The summed E-state index contributed by atoms with van der Waals surface area (Å²) >= 11 is 5.95. The fraction of sp³-hybridized carbons (Fsp3) is 0.188. The molecule has 0 fully saturated rings. The number of hydrogen-bond donors (Lipinski definition) is 1. The van der Waals surface area contributed by atoms with Gasteiger partial charge in [-0.3, -0.25) is 0 Å². The van der Waals surface area contributed by atoms with Crippen molar-refractivity contribution in [2.75, 3.05) is 12.8 Å². The van der Waals surface area contributed by atoms with Gasteiger partial charge in [0, 0.05) is 6.07 Å². The molecule has 0 bridgehead atoms. The van der Waals surface area contributed by atoms with E-state index in [2.05, 4.69) is 0 Å². The lowest BCUT2D eigenvalue weighted by Crippen LogP contribution is -2.11. The number of nitrogens with two attached hydrogens (primary N) is 1. The molecule has 0 radical (unpaired) electrons. The van der Waals surface area contributed by atoms with E-state index in [4.69, 9.17) is 26.8 Å². The average molecular weight is 306 g/mol. The van der Waals surface area contributed by atoms with Crippen molar-refractivity contribution in [1.29, 1.82) is 0 Å². The molecule has 1 atom stereocenters. The summed E-state index contributed by atoms with van der Waals surface area (Å²) in [6.07, 6.45) is -0.375. The highest BCUT2D eigenvalue weighted by molar-refractivity contribution is 6.33. The molecule has 2 aromatic carbocycles. The lowest BCUT2D eigenvalue weighted by Gasteiger charge is -2.15. The van der Waals surface area contributed by atoms with Crippen LogP contribution in [0.2, 0.25) is 5.02 Å². The molecule has 2 aromatic rings. The Hall–Kier alpha value is -2.20. The Morgan fingerprint density at radius 3 is 2.52 bits per heavy atom. The first kappa shape index (κ1) is 15.2. The zero-order valence-corrected chi connectivity index (χ0v) is 12.6. The summed E-state index contributed by atoms with van der Waals surface area (Å²) in [4.78, 5) is 12.3. The third-order valence-corrected chi connectivity index (χ3v) is 3.42. The molecule has 0 aliphatic carbocycles. The third kappa shape index (κ3) is 3.47. The normalized spacial score (nSPS) is 11.8. The molecule has 2 rings (SSSR count). The fourth-order valence-corrected chi connectivity index (χ4v) is 2.08. The van der Waals surface area contributed by atoms with Gasteiger partial charge in [0.05, 0.1) is 17.8 Å². The Balaban J connectivity index is 2.23. The summed E-state index contributed by atoms with van der Waals surface area (Å²) < 4.78 is 10.6. The monoisotopic (exact) mass is 305 g/mol. The van der Waals surface area contributed by atoms with Crippen LogP contribution in [0.5, 0.6) is 5.75 Å². The van der Waals surface area contributed by atoms with Crippen LogP contribution in [0, 0.1) is 0 Å². The average Bonchev–Trinajstić information content (AvgIpc) is 2.50. The summed E-state index contributed by atoms with van der Waals surface area (Å²) in [5.74, 6) is -0.174. The van der Waals surface area contributed by atoms with Gasteiger partial charge in [0.1, 0.15) is 17.4 Å². The van der Waals surface area contributed by atoms with E-state index in [-0.39, 0.29) is 16.7 Å². The first-order valence-corrected chi connectivity index (χ1v) is 6.79. The molecule has 0 amide bonds. The van der Waals surface area contributed by atoms with Crippen LogP contribution in [0.4, 0.5) is 5.69 Å². The maximum absolute atomic E-state index is 12.3. The van der Waals surface area contributed by atoms with Crippen molar-refractivity contribution in [3.63, 3.8) is 0 Å². The molecule has 5 heteroatoms. The SMILES string of the molecule is COc1cc(N)c(Cl)cc1C(=O)OC(C)c1ccccc1. The van der Waals surface area contributed by atoms with Crippen LogP contribution < -0.4 is 10.5 Å². The maximum atomic E-state index is 12.3. The molecule has 2 N–H and O–H groups in total. The summed E-state index contributed by atoms with van der Waals surface area (Å²) in [6.45, 7) is 1.80. The Morgan fingerprint density at radius 2 is 1.90 bits per heavy atom. The van der Waals surface area contributed by atoms with Crippen molar-refractivity contribution < 1.29 is 14.3 Å². The molecule has 1 unspecified atom stereocenters. The summed E-state index contributed by atoms with van der Waals surface area (Å²) in [5, 5.41) is 0.287. The number of carbonyl (C=O) groups is 1. The molecule has 0 heterocycles. The number of esters is 1. The zero-order valence-electron chi connectivity index (χ0n) is 11.8. The Bertz CT molecular complexity index is 643. The molecule has 0 saturated heterocycles. The topological polar surface area (TPSA) is 61.5 Å². The molecule has 4 nitrogen and oxygen atoms in total. The molecule has 0 spiro atoms. The molecule has 0 aromatic heterocycles. The minimum absolute atomic E-state index is 0.250. The van der Waals surface area contributed by atoms with E-state index in [1.165, 1.54) is 19.2 Å². The van der Waals surface area contributed by atoms with Gasteiger partial charge in [-0.1, -0.05) is 41.9 Å². The van der Waals surface area contributed by atoms with Crippen LogP contribution in [-0.4, -0.2) is 13.1 Å². The van der Waals surface area contributed by atoms with Gasteiger partial charge in [0.2, 0.25) is 0 Å². The van der Waals surface area contributed by atoms with Crippen molar-refractivity contribution in [2.24, 2.45) is 0 Å². The first-order chi connectivity index (χ1) is 10.0.